The molecule has 15 heavy (non-hydrogen) atoms. The van der Waals surface area contributed by atoms with Crippen LogP contribution < -0.4 is 4.74 Å². The molecule has 0 aromatic heterocycles. The molecule has 0 bridgehead atoms. The highest BCUT2D eigenvalue weighted by Crippen LogP contribution is 2.29. The summed E-state index contributed by atoms with van der Waals surface area (Å²) >= 11 is 0. The Bertz CT molecular complexity index is 398. The normalized spacial score (nSPS) is 10.9. The van der Waals surface area contributed by atoms with Gasteiger partial charge in [-0.15, -0.1) is 0 Å². The van der Waals surface area contributed by atoms with Gasteiger partial charge in [0.05, 0.1) is 18.6 Å². The fourth-order valence-corrected chi connectivity index (χ4v) is 1.18. The quantitative estimate of drug-likeness (QED) is 0.753. The summed E-state index contributed by atoms with van der Waals surface area (Å²) in [5.74, 6) is -2.01. The van der Waals surface area contributed by atoms with E-state index in [9.17, 15) is 8.78 Å². The van der Waals surface area contributed by atoms with E-state index in [0.717, 1.165) is 12.1 Å². The van der Waals surface area contributed by atoms with Crippen LogP contribution in [0.5, 0.6) is 5.75 Å². The van der Waals surface area contributed by atoms with Gasteiger partial charge in [0.2, 0.25) is 0 Å². The second kappa shape index (κ2) is 3.85. The molecule has 1 aromatic rings. The zero-order chi connectivity index (χ0) is 11.6. The Labute approximate surface area is 87.1 Å². The van der Waals surface area contributed by atoms with E-state index in [1.165, 1.54) is 7.11 Å². The Morgan fingerprint density at radius 3 is 2.07 bits per heavy atom. The largest absolute Gasteiger partial charge is 0.491 e. The maximum atomic E-state index is 13.3. The minimum absolute atomic E-state index is 0.292. The third-order valence-corrected chi connectivity index (χ3v) is 2.20. The highest BCUT2D eigenvalue weighted by molar-refractivity contribution is 5.37. The van der Waals surface area contributed by atoms with Crippen LogP contribution in [0.2, 0.25) is 0 Å². The molecule has 0 aliphatic carbocycles. The number of hydrogen-bond acceptors (Lipinski definition) is 2. The molecule has 2 nitrogen and oxygen atoms in total. The number of rotatable bonds is 2. The van der Waals surface area contributed by atoms with Crippen molar-refractivity contribution >= 4 is 0 Å². The van der Waals surface area contributed by atoms with E-state index in [-0.39, 0.29) is 0 Å². The fourth-order valence-electron chi connectivity index (χ4n) is 1.18. The topological polar surface area (TPSA) is 33.0 Å². The molecule has 0 atom stereocenters. The Hall–Kier alpha value is -1.63. The molecular weight excluding hydrogens is 200 g/mol. The average Bonchev–Trinajstić information content (AvgIpc) is 2.17. The molecule has 0 amide bonds. The number of nitrogens with zero attached hydrogens (tertiary/aromatic N) is 1. The van der Waals surface area contributed by atoms with Gasteiger partial charge in [-0.25, -0.2) is 8.78 Å². The molecule has 0 saturated heterocycles. The second-order valence-corrected chi connectivity index (χ2v) is 3.71. The first-order chi connectivity index (χ1) is 6.92. The number of benzene rings is 1. The van der Waals surface area contributed by atoms with Gasteiger partial charge in [0.25, 0.3) is 0 Å². The van der Waals surface area contributed by atoms with Crippen LogP contribution in [0.25, 0.3) is 0 Å². The summed E-state index contributed by atoms with van der Waals surface area (Å²) in [6, 6.07) is 4.21. The predicted octanol–water partition coefficient (Wildman–Crippen LogP) is 2.77. The third kappa shape index (κ3) is 2.07. The average molecular weight is 211 g/mol. The van der Waals surface area contributed by atoms with Gasteiger partial charge < -0.3 is 4.74 Å². The molecule has 1 rings (SSSR count). The highest BCUT2D eigenvalue weighted by atomic mass is 19.1. The van der Waals surface area contributed by atoms with Crippen LogP contribution in [0.15, 0.2) is 12.1 Å². The summed E-state index contributed by atoms with van der Waals surface area (Å²) in [7, 11) is 1.19. The third-order valence-electron chi connectivity index (χ3n) is 2.20. The maximum Gasteiger partial charge on any atom is 0.190 e. The summed E-state index contributed by atoms with van der Waals surface area (Å²) in [5, 5.41) is 8.83. The predicted molar refractivity (Wildman–Crippen MR) is 51.5 cm³/mol. The van der Waals surface area contributed by atoms with Crippen molar-refractivity contribution in [2.24, 2.45) is 0 Å². The molecule has 0 aliphatic heterocycles. The van der Waals surface area contributed by atoms with E-state index in [1.54, 1.807) is 13.8 Å². The van der Waals surface area contributed by atoms with Crippen LogP contribution in [0, 0.1) is 23.0 Å². The maximum absolute atomic E-state index is 13.3. The van der Waals surface area contributed by atoms with Crippen LogP contribution in [-0.4, -0.2) is 7.11 Å². The summed E-state index contributed by atoms with van der Waals surface area (Å²) in [6.07, 6.45) is 0. The van der Waals surface area contributed by atoms with Gasteiger partial charge in [0.15, 0.2) is 17.4 Å². The van der Waals surface area contributed by atoms with E-state index in [1.807, 2.05) is 6.07 Å². The monoisotopic (exact) mass is 211 g/mol. The van der Waals surface area contributed by atoms with Crippen LogP contribution >= 0.6 is 0 Å². The number of ether oxygens (including phenoxy) is 1. The first-order valence-electron chi connectivity index (χ1n) is 4.37. The molecule has 1 aromatic carbocycles. The van der Waals surface area contributed by atoms with Gasteiger partial charge in [-0.2, -0.15) is 5.26 Å². The van der Waals surface area contributed by atoms with Crippen molar-refractivity contribution in [3.8, 4) is 11.8 Å². The summed E-state index contributed by atoms with van der Waals surface area (Å²) in [4.78, 5) is 0. The number of hydrogen-bond donors (Lipinski definition) is 0. The van der Waals surface area contributed by atoms with E-state index in [4.69, 9.17) is 5.26 Å². The van der Waals surface area contributed by atoms with E-state index in [0.29, 0.717) is 5.56 Å². The summed E-state index contributed by atoms with van der Waals surface area (Å²) < 4.78 is 31.2. The van der Waals surface area contributed by atoms with Gasteiger partial charge in [-0.1, -0.05) is 0 Å². The zero-order valence-electron chi connectivity index (χ0n) is 8.77. The SMILES string of the molecule is COc1c(F)cc(C(C)(C)C#N)cc1F. The van der Waals surface area contributed by atoms with Gasteiger partial charge in [-0.3, -0.25) is 0 Å². The molecular formula is C11H11F2NO. The van der Waals surface area contributed by atoms with Gasteiger partial charge in [0, 0.05) is 0 Å². The smallest absolute Gasteiger partial charge is 0.190 e. The molecule has 0 N–H and O–H groups in total. The summed E-state index contributed by atoms with van der Waals surface area (Å²) in [6.45, 7) is 3.18. The van der Waals surface area contributed by atoms with E-state index < -0.39 is 22.8 Å². The van der Waals surface area contributed by atoms with Crippen molar-refractivity contribution in [2.45, 2.75) is 19.3 Å². The Balaban J connectivity index is 3.34. The molecule has 0 unspecified atom stereocenters. The van der Waals surface area contributed by atoms with Gasteiger partial charge in [0.1, 0.15) is 0 Å². The Kier molecular flexibility index (Phi) is 2.94. The first kappa shape index (κ1) is 11.4. The van der Waals surface area contributed by atoms with Crippen molar-refractivity contribution in [1.29, 1.82) is 5.26 Å². The van der Waals surface area contributed by atoms with Gasteiger partial charge in [-0.05, 0) is 31.5 Å². The lowest BCUT2D eigenvalue weighted by atomic mass is 9.86. The molecule has 80 valence electrons. The number of halogens is 2. The zero-order valence-corrected chi connectivity index (χ0v) is 8.77. The molecule has 0 heterocycles. The standard InChI is InChI=1S/C11H11F2NO/c1-11(2,6-14)7-4-8(12)10(15-3)9(13)5-7/h4-5H,1-3H3. The van der Waals surface area contributed by atoms with Gasteiger partial charge >= 0.3 is 0 Å². The minimum Gasteiger partial charge on any atom is -0.491 e. The molecule has 0 saturated carbocycles. The molecule has 0 aliphatic rings. The Morgan fingerprint density at radius 2 is 1.73 bits per heavy atom. The lowest BCUT2D eigenvalue weighted by molar-refractivity contribution is 0.358. The van der Waals surface area contributed by atoms with E-state index in [2.05, 4.69) is 4.74 Å². The van der Waals surface area contributed by atoms with Crippen LogP contribution in [0.1, 0.15) is 19.4 Å². The van der Waals surface area contributed by atoms with E-state index >= 15 is 0 Å². The number of methoxy groups -OCH3 is 1. The van der Waals surface area contributed by atoms with Crippen molar-refractivity contribution in [2.75, 3.05) is 7.11 Å². The lowest BCUT2D eigenvalue weighted by Gasteiger charge is -2.16. The van der Waals surface area contributed by atoms with Crippen molar-refractivity contribution in [3.63, 3.8) is 0 Å². The van der Waals surface area contributed by atoms with Crippen molar-refractivity contribution in [3.05, 3.63) is 29.3 Å². The summed E-state index contributed by atoms with van der Waals surface area (Å²) in [5.41, 5.74) is -0.630. The number of nitriles is 1. The second-order valence-electron chi connectivity index (χ2n) is 3.71. The molecule has 0 spiro atoms. The lowest BCUT2D eigenvalue weighted by Crippen LogP contribution is -2.15. The van der Waals surface area contributed by atoms with Crippen LogP contribution in [0.4, 0.5) is 8.78 Å². The molecule has 0 radical (unpaired) electrons. The Morgan fingerprint density at radius 1 is 1.27 bits per heavy atom. The highest BCUT2D eigenvalue weighted by Gasteiger charge is 2.23. The minimum atomic E-state index is -0.923. The first-order valence-corrected chi connectivity index (χ1v) is 4.37. The molecule has 4 heteroatoms. The fraction of sp³-hybridized carbons (Fsp3) is 0.364. The van der Waals surface area contributed by atoms with Crippen molar-refractivity contribution < 1.29 is 13.5 Å². The van der Waals surface area contributed by atoms with Crippen LogP contribution in [0.3, 0.4) is 0 Å². The van der Waals surface area contributed by atoms with Crippen molar-refractivity contribution in [1.82, 2.24) is 0 Å². The molecule has 0 fully saturated rings. The van der Waals surface area contributed by atoms with Crippen LogP contribution in [-0.2, 0) is 5.41 Å².